The van der Waals surface area contributed by atoms with Gasteiger partial charge in [-0.2, -0.15) is 0 Å². The monoisotopic (exact) mass is 264 g/mol. The summed E-state index contributed by atoms with van der Waals surface area (Å²) in [5, 5.41) is 3.10. The molecule has 5 heteroatoms. The minimum atomic E-state index is 0.328. The van der Waals surface area contributed by atoms with Crippen LogP contribution in [0.4, 0.5) is 5.95 Å². The molecule has 1 aliphatic rings. The van der Waals surface area contributed by atoms with Crippen LogP contribution >= 0.6 is 0 Å². The van der Waals surface area contributed by atoms with Crippen molar-refractivity contribution in [2.75, 3.05) is 31.6 Å². The summed E-state index contributed by atoms with van der Waals surface area (Å²) in [6.45, 7) is 5.73. The average molecular weight is 264 g/mol. The smallest absolute Gasteiger partial charge is 0.225 e. The molecule has 1 aromatic rings. The average Bonchev–Trinajstić information content (AvgIpc) is 2.46. The van der Waals surface area contributed by atoms with Crippen LogP contribution < -0.4 is 10.2 Å². The fourth-order valence-corrected chi connectivity index (χ4v) is 2.35. The van der Waals surface area contributed by atoms with Crippen molar-refractivity contribution in [1.82, 2.24) is 15.3 Å². The first-order chi connectivity index (χ1) is 9.33. The highest BCUT2D eigenvalue weighted by molar-refractivity contribution is 5.30. The van der Waals surface area contributed by atoms with E-state index in [-0.39, 0.29) is 0 Å². The Morgan fingerprint density at radius 3 is 2.89 bits per heavy atom. The molecule has 0 amide bonds. The molecule has 2 rings (SSSR count). The molecule has 1 unspecified atom stereocenters. The highest BCUT2D eigenvalue weighted by Crippen LogP contribution is 2.18. The SMILES string of the molecule is CCCOC1CCCN(c2ncc(CNC)cn2)C1. The van der Waals surface area contributed by atoms with Gasteiger partial charge >= 0.3 is 0 Å². The largest absolute Gasteiger partial charge is 0.376 e. The van der Waals surface area contributed by atoms with Crippen LogP contribution in [0.25, 0.3) is 0 Å². The first-order valence-corrected chi connectivity index (χ1v) is 7.15. The van der Waals surface area contributed by atoms with Crippen LogP contribution in [0, 0.1) is 0 Å². The van der Waals surface area contributed by atoms with E-state index < -0.39 is 0 Å². The number of hydrogen-bond acceptors (Lipinski definition) is 5. The molecule has 1 saturated heterocycles. The van der Waals surface area contributed by atoms with E-state index in [1.165, 1.54) is 0 Å². The van der Waals surface area contributed by atoms with Crippen molar-refractivity contribution in [3.63, 3.8) is 0 Å². The molecule has 0 spiro atoms. The molecule has 0 aliphatic carbocycles. The van der Waals surface area contributed by atoms with Gasteiger partial charge in [-0.15, -0.1) is 0 Å². The van der Waals surface area contributed by atoms with Crippen molar-refractivity contribution in [3.05, 3.63) is 18.0 Å². The van der Waals surface area contributed by atoms with Crippen LogP contribution in [0.15, 0.2) is 12.4 Å². The van der Waals surface area contributed by atoms with Gasteiger partial charge in [0.05, 0.1) is 6.10 Å². The van der Waals surface area contributed by atoms with E-state index in [2.05, 4.69) is 27.1 Å². The number of ether oxygens (including phenoxy) is 1. The zero-order chi connectivity index (χ0) is 13.5. The molecule has 106 valence electrons. The third-order valence-corrected chi connectivity index (χ3v) is 3.29. The summed E-state index contributed by atoms with van der Waals surface area (Å²) in [6.07, 6.45) is 7.50. The second kappa shape index (κ2) is 7.40. The Hall–Kier alpha value is -1.20. The van der Waals surface area contributed by atoms with Gasteiger partial charge in [-0.05, 0) is 26.3 Å². The van der Waals surface area contributed by atoms with Gasteiger partial charge in [0.2, 0.25) is 5.95 Å². The van der Waals surface area contributed by atoms with E-state index in [4.69, 9.17) is 4.74 Å². The summed E-state index contributed by atoms with van der Waals surface area (Å²) in [5.74, 6) is 0.824. The van der Waals surface area contributed by atoms with Crippen molar-refractivity contribution in [2.24, 2.45) is 0 Å². The molecule has 1 fully saturated rings. The highest BCUT2D eigenvalue weighted by atomic mass is 16.5. The quantitative estimate of drug-likeness (QED) is 0.845. The Labute approximate surface area is 115 Å². The molecule has 1 atom stereocenters. The summed E-state index contributed by atoms with van der Waals surface area (Å²) in [4.78, 5) is 11.1. The van der Waals surface area contributed by atoms with E-state index in [9.17, 15) is 0 Å². The zero-order valence-corrected chi connectivity index (χ0v) is 11.9. The van der Waals surface area contributed by atoms with Crippen molar-refractivity contribution in [3.8, 4) is 0 Å². The lowest BCUT2D eigenvalue weighted by molar-refractivity contribution is 0.0437. The normalized spacial score (nSPS) is 19.7. The molecule has 0 radical (unpaired) electrons. The van der Waals surface area contributed by atoms with Gasteiger partial charge in [-0.25, -0.2) is 9.97 Å². The second-order valence-electron chi connectivity index (χ2n) is 5.00. The number of nitrogens with zero attached hydrogens (tertiary/aromatic N) is 3. The first kappa shape index (κ1) is 14.2. The van der Waals surface area contributed by atoms with Crippen LogP contribution in [-0.2, 0) is 11.3 Å². The van der Waals surface area contributed by atoms with E-state index in [0.29, 0.717) is 6.10 Å². The maximum absolute atomic E-state index is 5.84. The number of anilines is 1. The third-order valence-electron chi connectivity index (χ3n) is 3.29. The first-order valence-electron chi connectivity index (χ1n) is 7.15. The summed E-state index contributed by atoms with van der Waals surface area (Å²) in [6, 6.07) is 0. The Balaban J connectivity index is 1.92. The molecule has 5 nitrogen and oxygen atoms in total. The number of piperidine rings is 1. The van der Waals surface area contributed by atoms with E-state index in [1.807, 2.05) is 19.4 Å². The van der Waals surface area contributed by atoms with Crippen LogP contribution in [0.2, 0.25) is 0 Å². The second-order valence-corrected chi connectivity index (χ2v) is 5.00. The molecule has 1 aromatic heterocycles. The highest BCUT2D eigenvalue weighted by Gasteiger charge is 2.21. The molecule has 2 heterocycles. The van der Waals surface area contributed by atoms with E-state index >= 15 is 0 Å². The van der Waals surface area contributed by atoms with Gasteiger partial charge in [0.15, 0.2) is 0 Å². The number of nitrogens with one attached hydrogen (secondary N) is 1. The minimum absolute atomic E-state index is 0.328. The Kier molecular flexibility index (Phi) is 5.54. The summed E-state index contributed by atoms with van der Waals surface area (Å²) in [7, 11) is 1.92. The van der Waals surface area contributed by atoms with Crippen molar-refractivity contribution in [2.45, 2.75) is 38.8 Å². The molecule has 1 aliphatic heterocycles. The predicted molar refractivity (Wildman–Crippen MR) is 76.3 cm³/mol. The van der Waals surface area contributed by atoms with Gasteiger partial charge in [-0.3, -0.25) is 0 Å². The molecule has 0 aromatic carbocycles. The van der Waals surface area contributed by atoms with Gasteiger partial charge in [0.1, 0.15) is 0 Å². The number of aromatic nitrogens is 2. The molecule has 0 bridgehead atoms. The third kappa shape index (κ3) is 4.14. The van der Waals surface area contributed by atoms with Crippen LogP contribution in [0.5, 0.6) is 0 Å². The van der Waals surface area contributed by atoms with Gasteiger partial charge in [0.25, 0.3) is 0 Å². The van der Waals surface area contributed by atoms with Crippen molar-refractivity contribution in [1.29, 1.82) is 0 Å². The summed E-state index contributed by atoms with van der Waals surface area (Å²) < 4.78 is 5.84. The topological polar surface area (TPSA) is 50.3 Å². The van der Waals surface area contributed by atoms with Gasteiger partial charge < -0.3 is 15.0 Å². The fourth-order valence-electron chi connectivity index (χ4n) is 2.35. The molecule has 1 N–H and O–H groups in total. The molecule has 0 saturated carbocycles. The summed E-state index contributed by atoms with van der Waals surface area (Å²) >= 11 is 0. The maximum atomic E-state index is 5.84. The molecule has 19 heavy (non-hydrogen) atoms. The number of rotatable bonds is 6. The van der Waals surface area contributed by atoms with Gasteiger partial charge in [0, 0.05) is 44.2 Å². The van der Waals surface area contributed by atoms with Crippen molar-refractivity contribution >= 4 is 5.95 Å². The fraction of sp³-hybridized carbons (Fsp3) is 0.714. The number of hydrogen-bond donors (Lipinski definition) is 1. The Bertz CT molecular complexity index is 368. The lowest BCUT2D eigenvalue weighted by Gasteiger charge is -2.32. The Morgan fingerprint density at radius 1 is 1.42 bits per heavy atom. The summed E-state index contributed by atoms with van der Waals surface area (Å²) in [5.41, 5.74) is 1.11. The van der Waals surface area contributed by atoms with E-state index in [0.717, 1.165) is 57.0 Å². The standard InChI is InChI=1S/C14H24N4O/c1-3-7-19-13-5-4-6-18(11-13)14-16-9-12(8-15-2)10-17-14/h9-10,13,15H,3-8,11H2,1-2H3. The van der Waals surface area contributed by atoms with E-state index in [1.54, 1.807) is 0 Å². The van der Waals surface area contributed by atoms with Gasteiger partial charge in [-0.1, -0.05) is 6.92 Å². The zero-order valence-electron chi connectivity index (χ0n) is 11.9. The molecular weight excluding hydrogens is 240 g/mol. The lowest BCUT2D eigenvalue weighted by Crippen LogP contribution is -2.40. The maximum Gasteiger partial charge on any atom is 0.225 e. The lowest BCUT2D eigenvalue weighted by atomic mass is 10.1. The molecular formula is C14H24N4O. The van der Waals surface area contributed by atoms with Crippen LogP contribution in [0.3, 0.4) is 0 Å². The predicted octanol–water partition coefficient (Wildman–Crippen LogP) is 1.59. The van der Waals surface area contributed by atoms with Crippen molar-refractivity contribution < 1.29 is 4.74 Å². The minimum Gasteiger partial charge on any atom is -0.376 e. The Morgan fingerprint density at radius 2 is 2.21 bits per heavy atom. The van der Waals surface area contributed by atoms with Crippen LogP contribution in [0.1, 0.15) is 31.7 Å². The van der Waals surface area contributed by atoms with Crippen LogP contribution in [-0.4, -0.2) is 42.8 Å².